The van der Waals surface area contributed by atoms with Crippen molar-refractivity contribution in [2.75, 3.05) is 24.4 Å². The van der Waals surface area contributed by atoms with E-state index < -0.39 is 49.4 Å². The van der Waals surface area contributed by atoms with E-state index in [4.69, 9.17) is 22.6 Å². The lowest BCUT2D eigenvalue weighted by molar-refractivity contribution is -0.137. The van der Waals surface area contributed by atoms with E-state index in [0.717, 1.165) is 0 Å². The molecule has 1 aliphatic rings. The van der Waals surface area contributed by atoms with Crippen LogP contribution in [0.2, 0.25) is 5.02 Å². The van der Waals surface area contributed by atoms with Crippen molar-refractivity contribution in [3.05, 3.63) is 68.7 Å². The average molecular weight is 553 g/mol. The van der Waals surface area contributed by atoms with Gasteiger partial charge in [-0.15, -0.1) is 0 Å². The van der Waals surface area contributed by atoms with Crippen molar-refractivity contribution in [1.82, 2.24) is 10.3 Å². The summed E-state index contributed by atoms with van der Waals surface area (Å²) < 4.78 is 67.2. The van der Waals surface area contributed by atoms with Gasteiger partial charge in [-0.05, 0) is 55.9 Å². The molecule has 1 unspecified atom stereocenters. The normalized spacial score (nSPS) is 23.8. The zero-order valence-corrected chi connectivity index (χ0v) is 20.5. The Bertz CT molecular complexity index is 1550. The summed E-state index contributed by atoms with van der Waals surface area (Å²) >= 11 is 9.74. The molecule has 1 fully saturated rings. The Kier molecular flexibility index (Phi) is 5.09. The number of nitrogens with one attached hydrogen (secondary N) is 1. The molecule has 6 nitrogen and oxygen atoms in total. The van der Waals surface area contributed by atoms with Gasteiger partial charge in [-0.25, -0.2) is 4.98 Å². The predicted octanol–water partition coefficient (Wildman–Crippen LogP) is 5.94. The Labute approximate surface area is 223 Å². The molecule has 1 aromatic heterocycles. The van der Waals surface area contributed by atoms with Crippen molar-refractivity contribution < 1.29 is 25.7 Å². The molecule has 1 saturated heterocycles. The second-order valence-corrected chi connectivity index (χ2v) is 9.09. The number of carbonyl (C=O) groups excluding carboxylic acids is 1. The van der Waals surface area contributed by atoms with Gasteiger partial charge < -0.3 is 15.3 Å². The van der Waals surface area contributed by atoms with Crippen molar-refractivity contribution in [1.29, 1.82) is 0 Å². The Morgan fingerprint density at radius 1 is 1.26 bits per heavy atom. The Morgan fingerprint density at radius 2 is 2.00 bits per heavy atom. The summed E-state index contributed by atoms with van der Waals surface area (Å²) in [6.45, 7) is -5.00. The number of anilines is 1. The van der Waals surface area contributed by atoms with Gasteiger partial charge >= 0.3 is 5.97 Å². The van der Waals surface area contributed by atoms with Crippen LogP contribution in [0.1, 0.15) is 64.0 Å². The van der Waals surface area contributed by atoms with Crippen LogP contribution in [0.3, 0.4) is 0 Å². The Balaban J connectivity index is 1.83. The quantitative estimate of drug-likeness (QED) is 0.361. The fraction of sp³-hybridized carbons (Fsp3) is 0.346. The van der Waals surface area contributed by atoms with Gasteiger partial charge in [-0.2, -0.15) is 0 Å². The standard InChI is InChI=1S/C26H27BrClN3O3/c1-16-24(20-14-18(27)9-10-22(20)30-25(16)31-12-4-5-13-31)26(34)29-15-17(8-11-23(32)33)19-6-2-3-7-21(19)28/h2-3,6-7,9-10,14,17H,4-5,8,11-13,15H2,1H3,(H,29,34)(H,32,33)/i4D2,5D2,12D2,13D2. The van der Waals surface area contributed by atoms with E-state index in [2.05, 4.69) is 26.2 Å². The van der Waals surface area contributed by atoms with Crippen molar-refractivity contribution in [2.45, 2.75) is 38.4 Å². The number of rotatable bonds is 8. The van der Waals surface area contributed by atoms with Gasteiger partial charge in [0.2, 0.25) is 0 Å². The van der Waals surface area contributed by atoms with Gasteiger partial charge in [0.25, 0.3) is 5.91 Å². The first-order valence-electron chi connectivity index (χ1n) is 14.5. The number of pyridine rings is 1. The van der Waals surface area contributed by atoms with Crippen molar-refractivity contribution in [3.8, 4) is 0 Å². The number of amides is 1. The number of benzene rings is 2. The van der Waals surface area contributed by atoms with Crippen molar-refractivity contribution in [2.24, 2.45) is 0 Å². The number of aliphatic carboxylic acids is 1. The average Bonchev–Trinajstić information content (AvgIpc) is 2.95. The molecule has 2 heterocycles. The molecule has 2 N–H and O–H groups in total. The first-order valence-corrected chi connectivity index (χ1v) is 11.7. The summed E-state index contributed by atoms with van der Waals surface area (Å²) in [5, 5.41) is 12.8. The van der Waals surface area contributed by atoms with Crippen LogP contribution in [0.4, 0.5) is 5.82 Å². The molecule has 1 aliphatic heterocycles. The highest BCUT2D eigenvalue weighted by molar-refractivity contribution is 9.10. The fourth-order valence-electron chi connectivity index (χ4n) is 3.91. The second-order valence-electron chi connectivity index (χ2n) is 7.77. The van der Waals surface area contributed by atoms with Gasteiger partial charge in [-0.3, -0.25) is 9.59 Å². The molecule has 0 saturated carbocycles. The molecule has 1 amide bonds. The minimum absolute atomic E-state index is 0.000760. The van der Waals surface area contributed by atoms with E-state index in [1.165, 1.54) is 13.0 Å². The Morgan fingerprint density at radius 3 is 2.71 bits per heavy atom. The van der Waals surface area contributed by atoms with Crippen molar-refractivity contribution >= 4 is 56.1 Å². The molecule has 0 bridgehead atoms. The van der Waals surface area contributed by atoms with E-state index in [-0.39, 0.29) is 36.0 Å². The molecule has 1 atom stereocenters. The lowest BCUT2D eigenvalue weighted by Gasteiger charge is -2.23. The lowest BCUT2D eigenvalue weighted by atomic mass is 9.93. The van der Waals surface area contributed by atoms with Gasteiger partial charge in [0, 0.05) is 63.3 Å². The summed E-state index contributed by atoms with van der Waals surface area (Å²) in [5.41, 5.74) is 0.798. The number of aromatic nitrogens is 1. The molecule has 0 radical (unpaired) electrons. The summed E-state index contributed by atoms with van der Waals surface area (Å²) in [4.78, 5) is 29.9. The molecule has 4 rings (SSSR count). The van der Waals surface area contributed by atoms with Crippen LogP contribution in [0.25, 0.3) is 10.9 Å². The number of carbonyl (C=O) groups is 2. The number of halogens is 2. The number of fused-ring (bicyclic) bond motifs is 1. The third kappa shape index (κ3) is 5.36. The zero-order valence-electron chi connectivity index (χ0n) is 26.2. The number of hydrogen-bond donors (Lipinski definition) is 2. The zero-order chi connectivity index (χ0) is 31.4. The van der Waals surface area contributed by atoms with Crippen LogP contribution in [0.5, 0.6) is 0 Å². The van der Waals surface area contributed by atoms with Crippen LogP contribution in [0.15, 0.2) is 46.9 Å². The third-order valence-corrected chi connectivity index (χ3v) is 6.40. The highest BCUT2D eigenvalue weighted by Gasteiger charge is 2.24. The molecule has 2 aromatic carbocycles. The van der Waals surface area contributed by atoms with Crippen LogP contribution in [-0.4, -0.2) is 41.5 Å². The lowest BCUT2D eigenvalue weighted by Crippen LogP contribution is -2.30. The van der Waals surface area contributed by atoms with E-state index in [1.807, 2.05) is 0 Å². The number of nitrogens with zero attached hydrogens (tertiary/aromatic N) is 2. The monoisotopic (exact) mass is 551 g/mol. The molecule has 34 heavy (non-hydrogen) atoms. The van der Waals surface area contributed by atoms with Gasteiger partial charge in [-0.1, -0.05) is 45.7 Å². The fourth-order valence-corrected chi connectivity index (χ4v) is 4.56. The summed E-state index contributed by atoms with van der Waals surface area (Å²) in [7, 11) is 0. The van der Waals surface area contributed by atoms with E-state index in [9.17, 15) is 14.7 Å². The first kappa shape index (κ1) is 16.1. The van der Waals surface area contributed by atoms with Gasteiger partial charge in [0.1, 0.15) is 5.82 Å². The maximum atomic E-state index is 13.8. The molecule has 0 spiro atoms. The minimum Gasteiger partial charge on any atom is -0.481 e. The van der Waals surface area contributed by atoms with Gasteiger partial charge in [0.05, 0.1) is 11.1 Å². The largest absolute Gasteiger partial charge is 0.481 e. The first-order chi connectivity index (χ1) is 19.4. The predicted molar refractivity (Wildman–Crippen MR) is 139 cm³/mol. The van der Waals surface area contributed by atoms with Crippen molar-refractivity contribution in [3.63, 3.8) is 0 Å². The van der Waals surface area contributed by atoms with E-state index in [0.29, 0.717) is 25.3 Å². The summed E-state index contributed by atoms with van der Waals surface area (Å²) in [6.07, 6.45) is -6.59. The summed E-state index contributed by atoms with van der Waals surface area (Å²) in [6, 6.07) is 11.6. The third-order valence-electron chi connectivity index (χ3n) is 5.56. The van der Waals surface area contributed by atoms with Gasteiger partial charge in [0.15, 0.2) is 0 Å². The van der Waals surface area contributed by atoms with Crippen LogP contribution in [0, 0.1) is 6.92 Å². The molecule has 0 aliphatic carbocycles. The molecular weight excluding hydrogens is 518 g/mol. The molecule has 178 valence electrons. The number of hydrogen-bond acceptors (Lipinski definition) is 4. The van der Waals surface area contributed by atoms with Crippen LogP contribution >= 0.6 is 27.5 Å². The molecule has 8 heteroatoms. The second kappa shape index (κ2) is 10.7. The molecular formula is C26H27BrClN3O3. The maximum absolute atomic E-state index is 13.8. The van der Waals surface area contributed by atoms with Crippen LogP contribution < -0.4 is 10.2 Å². The summed E-state index contributed by atoms with van der Waals surface area (Å²) in [5.74, 6) is -2.57. The minimum atomic E-state index is -3.29. The number of carboxylic acid groups (broad SMARTS) is 1. The molecule has 3 aromatic rings. The van der Waals surface area contributed by atoms with E-state index >= 15 is 0 Å². The SMILES string of the molecule is [2H]C1([2H])N(c2nc3ccc(Br)cc3c(C(=O)NCC(CCC(=O)O)c3ccccc3Cl)c2C)C([2H])([2H])C([2H])([2H])C1([2H])[2H]. The topological polar surface area (TPSA) is 82.5 Å². The Hall–Kier alpha value is -2.64. The highest BCUT2D eigenvalue weighted by Crippen LogP contribution is 2.32. The highest BCUT2D eigenvalue weighted by atomic mass is 79.9. The van der Waals surface area contributed by atoms with Crippen LogP contribution in [-0.2, 0) is 4.79 Å². The van der Waals surface area contributed by atoms with E-state index in [1.54, 1.807) is 36.4 Å². The smallest absolute Gasteiger partial charge is 0.303 e. The number of carboxylic acids is 1. The maximum Gasteiger partial charge on any atom is 0.303 e.